The van der Waals surface area contributed by atoms with E-state index in [0.29, 0.717) is 49.4 Å². The molecule has 1 fully saturated rings. The van der Waals surface area contributed by atoms with Gasteiger partial charge in [-0.2, -0.15) is 0 Å². The molecule has 0 unspecified atom stereocenters. The first kappa shape index (κ1) is 20.5. The first-order valence-electron chi connectivity index (χ1n) is 9.58. The molecule has 7 nitrogen and oxygen atoms in total. The molecule has 2 aromatic rings. The molecule has 0 atom stereocenters. The summed E-state index contributed by atoms with van der Waals surface area (Å²) in [7, 11) is 3.14. The summed E-state index contributed by atoms with van der Waals surface area (Å²) in [5.41, 5.74) is 1.30. The Kier molecular flexibility index (Phi) is 6.59. The minimum Gasteiger partial charge on any atom is -0.508 e. The second-order valence-corrected chi connectivity index (χ2v) is 7.04. The maximum Gasteiger partial charge on any atom is 0.251 e. The number of rotatable bonds is 6. The van der Waals surface area contributed by atoms with E-state index < -0.39 is 0 Å². The Bertz CT molecular complexity index is 875. The van der Waals surface area contributed by atoms with Gasteiger partial charge in [0.2, 0.25) is 5.91 Å². The summed E-state index contributed by atoms with van der Waals surface area (Å²) in [6, 6.07) is 11.8. The Morgan fingerprint density at radius 2 is 1.79 bits per heavy atom. The topological polar surface area (TPSA) is 88.1 Å². The van der Waals surface area contributed by atoms with Crippen molar-refractivity contribution < 1.29 is 24.2 Å². The van der Waals surface area contributed by atoms with Gasteiger partial charge in [0.25, 0.3) is 5.91 Å². The number of piperidine rings is 1. The van der Waals surface area contributed by atoms with Crippen LogP contribution in [0.15, 0.2) is 42.5 Å². The lowest BCUT2D eigenvalue weighted by atomic mass is 10.0. The number of methoxy groups -OCH3 is 2. The third-order valence-electron chi connectivity index (χ3n) is 5.09. The second kappa shape index (κ2) is 9.32. The predicted octanol–water partition coefficient (Wildman–Crippen LogP) is 2.37. The number of nitrogens with one attached hydrogen (secondary N) is 1. The van der Waals surface area contributed by atoms with E-state index in [1.807, 2.05) is 17.0 Å². The number of phenolic OH excluding ortho intramolecular Hbond substituents is 1. The molecular weight excluding hydrogens is 372 g/mol. The standard InChI is InChI=1S/C22H26N2O5/c1-28-19-7-6-15(12-20(19)29-2)13-21(26)24-10-8-17(9-11-24)23-22(27)16-4-3-5-18(25)14-16/h3-7,12,14,17,25H,8-11,13H2,1-2H3,(H,23,27). The molecular formula is C22H26N2O5. The smallest absolute Gasteiger partial charge is 0.251 e. The van der Waals surface area contributed by atoms with E-state index in [0.717, 1.165) is 5.56 Å². The molecule has 1 aliphatic heterocycles. The number of ether oxygens (including phenoxy) is 2. The normalized spacial score (nSPS) is 14.3. The van der Waals surface area contributed by atoms with Crippen molar-refractivity contribution in [1.29, 1.82) is 0 Å². The van der Waals surface area contributed by atoms with Crippen LogP contribution in [0.5, 0.6) is 17.2 Å². The average molecular weight is 398 g/mol. The first-order valence-corrected chi connectivity index (χ1v) is 9.58. The second-order valence-electron chi connectivity index (χ2n) is 7.04. The number of nitrogens with zero attached hydrogens (tertiary/aromatic N) is 1. The fourth-order valence-corrected chi connectivity index (χ4v) is 3.47. The number of hydrogen-bond donors (Lipinski definition) is 2. The molecule has 2 N–H and O–H groups in total. The number of carbonyl (C=O) groups is 2. The van der Waals surface area contributed by atoms with Gasteiger partial charge in [0, 0.05) is 24.7 Å². The zero-order valence-corrected chi connectivity index (χ0v) is 16.7. The van der Waals surface area contributed by atoms with Crippen LogP contribution in [-0.2, 0) is 11.2 Å². The van der Waals surface area contributed by atoms with Gasteiger partial charge in [-0.3, -0.25) is 9.59 Å². The number of likely N-dealkylation sites (tertiary alicyclic amines) is 1. The van der Waals surface area contributed by atoms with Crippen molar-refractivity contribution in [1.82, 2.24) is 10.2 Å². The molecule has 0 aromatic heterocycles. The Balaban J connectivity index is 1.51. The highest BCUT2D eigenvalue weighted by Crippen LogP contribution is 2.28. The number of benzene rings is 2. The van der Waals surface area contributed by atoms with E-state index in [2.05, 4.69) is 5.32 Å². The van der Waals surface area contributed by atoms with E-state index in [1.165, 1.54) is 12.1 Å². The summed E-state index contributed by atoms with van der Waals surface area (Å²) in [6.45, 7) is 1.19. The van der Waals surface area contributed by atoms with E-state index in [1.54, 1.807) is 32.4 Å². The monoisotopic (exact) mass is 398 g/mol. The van der Waals surface area contributed by atoms with Gasteiger partial charge in [0.05, 0.1) is 20.6 Å². The highest BCUT2D eigenvalue weighted by Gasteiger charge is 2.24. The molecule has 1 aliphatic rings. The molecule has 0 radical (unpaired) electrons. The molecule has 0 spiro atoms. The fourth-order valence-electron chi connectivity index (χ4n) is 3.47. The number of carbonyl (C=O) groups excluding carboxylic acids is 2. The summed E-state index contributed by atoms with van der Waals surface area (Å²) in [4.78, 5) is 26.8. The molecule has 0 aliphatic carbocycles. The number of phenols is 1. The Morgan fingerprint density at radius 1 is 1.07 bits per heavy atom. The van der Waals surface area contributed by atoms with Gasteiger partial charge in [-0.15, -0.1) is 0 Å². The van der Waals surface area contributed by atoms with Gasteiger partial charge in [0.15, 0.2) is 11.5 Å². The van der Waals surface area contributed by atoms with Crippen molar-refractivity contribution in [2.75, 3.05) is 27.3 Å². The van der Waals surface area contributed by atoms with Crippen molar-refractivity contribution in [3.63, 3.8) is 0 Å². The molecule has 154 valence electrons. The van der Waals surface area contributed by atoms with Gasteiger partial charge in [-0.25, -0.2) is 0 Å². The van der Waals surface area contributed by atoms with Crippen molar-refractivity contribution >= 4 is 11.8 Å². The fraction of sp³-hybridized carbons (Fsp3) is 0.364. The molecule has 0 saturated carbocycles. The molecule has 2 aromatic carbocycles. The van der Waals surface area contributed by atoms with Crippen molar-refractivity contribution in [2.24, 2.45) is 0 Å². The third-order valence-corrected chi connectivity index (χ3v) is 5.09. The van der Waals surface area contributed by atoms with Crippen LogP contribution in [0.1, 0.15) is 28.8 Å². The van der Waals surface area contributed by atoms with Gasteiger partial charge in [0.1, 0.15) is 5.75 Å². The van der Waals surface area contributed by atoms with E-state index in [9.17, 15) is 14.7 Å². The van der Waals surface area contributed by atoms with Crippen LogP contribution in [0.25, 0.3) is 0 Å². The highest BCUT2D eigenvalue weighted by molar-refractivity contribution is 5.94. The van der Waals surface area contributed by atoms with Crippen LogP contribution in [0.3, 0.4) is 0 Å². The maximum atomic E-state index is 12.6. The minimum absolute atomic E-state index is 0.00924. The van der Waals surface area contributed by atoms with Crippen molar-refractivity contribution in [3.05, 3.63) is 53.6 Å². The largest absolute Gasteiger partial charge is 0.508 e. The van der Waals surface area contributed by atoms with E-state index in [4.69, 9.17) is 9.47 Å². The van der Waals surface area contributed by atoms with Crippen LogP contribution in [0, 0.1) is 0 Å². The molecule has 3 rings (SSSR count). The summed E-state index contributed by atoms with van der Waals surface area (Å²) in [5.74, 6) is 1.14. The average Bonchev–Trinajstić information content (AvgIpc) is 2.74. The zero-order chi connectivity index (χ0) is 20.8. The van der Waals surface area contributed by atoms with Crippen LogP contribution >= 0.6 is 0 Å². The van der Waals surface area contributed by atoms with Gasteiger partial charge in [-0.1, -0.05) is 12.1 Å². The van der Waals surface area contributed by atoms with Crippen LogP contribution in [0.2, 0.25) is 0 Å². The van der Waals surface area contributed by atoms with Gasteiger partial charge < -0.3 is 24.8 Å². The number of hydrogen-bond acceptors (Lipinski definition) is 5. The molecule has 1 heterocycles. The van der Waals surface area contributed by atoms with Gasteiger partial charge in [-0.05, 0) is 48.7 Å². The highest BCUT2D eigenvalue weighted by atomic mass is 16.5. The Morgan fingerprint density at radius 3 is 2.45 bits per heavy atom. The molecule has 29 heavy (non-hydrogen) atoms. The summed E-state index contributed by atoms with van der Waals surface area (Å²) in [5, 5.41) is 12.5. The molecule has 2 amide bonds. The Hall–Kier alpha value is -3.22. The number of aromatic hydroxyl groups is 1. The SMILES string of the molecule is COc1ccc(CC(=O)N2CCC(NC(=O)c3cccc(O)c3)CC2)cc1OC. The lowest BCUT2D eigenvalue weighted by Gasteiger charge is -2.32. The molecule has 7 heteroatoms. The van der Waals surface area contributed by atoms with Gasteiger partial charge >= 0.3 is 0 Å². The van der Waals surface area contributed by atoms with Crippen LogP contribution < -0.4 is 14.8 Å². The van der Waals surface area contributed by atoms with E-state index in [-0.39, 0.29) is 23.6 Å². The third kappa shape index (κ3) is 5.19. The number of amides is 2. The lowest BCUT2D eigenvalue weighted by Crippen LogP contribution is -2.47. The van der Waals surface area contributed by atoms with Crippen LogP contribution in [0.4, 0.5) is 0 Å². The van der Waals surface area contributed by atoms with Crippen molar-refractivity contribution in [2.45, 2.75) is 25.3 Å². The lowest BCUT2D eigenvalue weighted by molar-refractivity contribution is -0.131. The van der Waals surface area contributed by atoms with Crippen LogP contribution in [-0.4, -0.2) is 55.2 Å². The molecule has 0 bridgehead atoms. The predicted molar refractivity (Wildman–Crippen MR) is 108 cm³/mol. The summed E-state index contributed by atoms with van der Waals surface area (Å²) in [6.07, 6.45) is 1.69. The maximum absolute atomic E-state index is 12.6. The summed E-state index contributed by atoms with van der Waals surface area (Å²) >= 11 is 0. The minimum atomic E-state index is -0.212. The van der Waals surface area contributed by atoms with E-state index >= 15 is 0 Å². The Labute approximate surface area is 170 Å². The quantitative estimate of drug-likeness (QED) is 0.780. The van der Waals surface area contributed by atoms with Crippen molar-refractivity contribution in [3.8, 4) is 17.2 Å². The first-order chi connectivity index (χ1) is 14.0. The summed E-state index contributed by atoms with van der Waals surface area (Å²) < 4.78 is 10.5. The molecule has 1 saturated heterocycles. The zero-order valence-electron chi connectivity index (χ0n) is 16.7.